The Balaban J connectivity index is 1.42. The number of rotatable bonds is 14. The van der Waals surface area contributed by atoms with E-state index in [1.807, 2.05) is 108 Å². The largest absolute Gasteiger partial charge is 0.507 e. The Bertz CT molecular complexity index is 2110. The molecule has 264 valence electrons. The third-order valence-electron chi connectivity index (χ3n) is 8.52. The second-order valence-corrected chi connectivity index (χ2v) is 12.2. The summed E-state index contributed by atoms with van der Waals surface area (Å²) in [7, 11) is 1.60. The van der Waals surface area contributed by atoms with Gasteiger partial charge in [0.05, 0.1) is 72.8 Å². The van der Waals surface area contributed by atoms with Crippen LogP contribution in [0.2, 0.25) is 0 Å². The van der Waals surface area contributed by atoms with Crippen LogP contribution in [0.15, 0.2) is 133 Å². The lowest BCUT2D eigenvalue weighted by Crippen LogP contribution is -2.30. The number of hydrogen-bond acceptors (Lipinski definition) is 12. The lowest BCUT2D eigenvalue weighted by molar-refractivity contribution is 0.419. The highest BCUT2D eigenvalue weighted by Crippen LogP contribution is 2.39. The maximum Gasteiger partial charge on any atom is 0.231 e. The second kappa shape index (κ2) is 16.5. The SMILES string of the molecule is CCC(=Nc1ccc(O)c2cccc(OC)c12)c1nc(N(Cc2ccccn2)Cc2ccccn2)nc(N(Cc2ccccn2)Cc2ccccn2)n1. The van der Waals surface area contributed by atoms with E-state index in [2.05, 4.69) is 19.9 Å². The van der Waals surface area contributed by atoms with Crippen LogP contribution in [0.1, 0.15) is 41.9 Å². The fraction of sp³-hybridized carbons (Fsp3) is 0.171. The molecule has 0 spiro atoms. The van der Waals surface area contributed by atoms with Gasteiger partial charge in [-0.2, -0.15) is 15.0 Å². The summed E-state index contributed by atoms with van der Waals surface area (Å²) in [5, 5.41) is 12.1. The van der Waals surface area contributed by atoms with Crippen molar-refractivity contribution in [3.8, 4) is 11.5 Å². The summed E-state index contributed by atoms with van der Waals surface area (Å²) < 4.78 is 5.71. The number of aromatic nitrogens is 7. The molecule has 12 heteroatoms. The number of nitrogens with zero attached hydrogens (tertiary/aromatic N) is 10. The zero-order chi connectivity index (χ0) is 36.4. The first-order valence-electron chi connectivity index (χ1n) is 17.3. The molecule has 2 aromatic carbocycles. The van der Waals surface area contributed by atoms with E-state index in [-0.39, 0.29) is 5.75 Å². The Labute approximate surface area is 307 Å². The van der Waals surface area contributed by atoms with Crippen LogP contribution in [0, 0.1) is 0 Å². The summed E-state index contributed by atoms with van der Waals surface area (Å²) in [5.41, 5.74) is 4.62. The van der Waals surface area contributed by atoms with Crippen LogP contribution in [0.3, 0.4) is 0 Å². The van der Waals surface area contributed by atoms with Crippen molar-refractivity contribution in [1.29, 1.82) is 0 Å². The van der Waals surface area contributed by atoms with Crippen molar-refractivity contribution < 1.29 is 9.84 Å². The minimum atomic E-state index is 0.139. The Kier molecular flexibility index (Phi) is 10.8. The summed E-state index contributed by atoms with van der Waals surface area (Å²) in [6.45, 7) is 3.68. The van der Waals surface area contributed by atoms with Crippen molar-refractivity contribution in [2.45, 2.75) is 39.5 Å². The zero-order valence-electron chi connectivity index (χ0n) is 29.5. The van der Waals surface area contributed by atoms with E-state index in [0.29, 0.717) is 78.2 Å². The van der Waals surface area contributed by atoms with Crippen LogP contribution < -0.4 is 14.5 Å². The molecule has 0 saturated heterocycles. The number of phenols is 1. The number of aliphatic imine (C=N–C) groups is 1. The number of hydrogen-bond donors (Lipinski definition) is 1. The van der Waals surface area contributed by atoms with E-state index in [4.69, 9.17) is 24.7 Å². The van der Waals surface area contributed by atoms with Crippen LogP contribution in [0.4, 0.5) is 17.6 Å². The molecular formula is C41H38N10O2. The molecule has 5 aromatic heterocycles. The number of ether oxygens (including phenoxy) is 1. The molecule has 0 amide bonds. The summed E-state index contributed by atoms with van der Waals surface area (Å²) in [6, 6.07) is 32.3. The van der Waals surface area contributed by atoms with Crippen LogP contribution in [-0.2, 0) is 26.2 Å². The topological polar surface area (TPSA) is 139 Å². The number of methoxy groups -OCH3 is 1. The van der Waals surface area contributed by atoms with Crippen molar-refractivity contribution in [2.75, 3.05) is 16.9 Å². The van der Waals surface area contributed by atoms with Gasteiger partial charge < -0.3 is 19.6 Å². The molecule has 7 aromatic rings. The fourth-order valence-corrected chi connectivity index (χ4v) is 5.94. The zero-order valence-corrected chi connectivity index (χ0v) is 29.5. The molecule has 0 saturated carbocycles. The number of anilines is 2. The standard InChI is InChI=1S/C41H38N10O2/c1-3-34(46-35-19-20-36(52)33-17-12-18-37(53-2)38(33)35)39-47-40(50(25-29-13-4-8-21-42-29)26-30-14-5-9-22-43-30)49-41(48-39)51(27-31-15-6-10-23-44-31)28-32-16-7-11-24-45-32/h4-24,52H,3,25-28H2,1-2H3. The number of benzene rings is 2. The minimum absolute atomic E-state index is 0.139. The number of fused-ring (bicyclic) bond motifs is 1. The molecule has 0 fully saturated rings. The summed E-state index contributed by atoms with van der Waals surface area (Å²) in [5.74, 6) is 2.01. The highest BCUT2D eigenvalue weighted by molar-refractivity contribution is 6.06. The Hall–Kier alpha value is -6.82. The lowest BCUT2D eigenvalue weighted by atomic mass is 10.1. The Morgan fingerprint density at radius 3 is 1.51 bits per heavy atom. The van der Waals surface area contributed by atoms with Crippen molar-refractivity contribution >= 4 is 34.1 Å². The van der Waals surface area contributed by atoms with Crippen molar-refractivity contribution in [1.82, 2.24) is 34.9 Å². The van der Waals surface area contributed by atoms with Gasteiger partial charge in [0.2, 0.25) is 11.9 Å². The van der Waals surface area contributed by atoms with E-state index in [0.717, 1.165) is 22.8 Å². The molecule has 53 heavy (non-hydrogen) atoms. The van der Waals surface area contributed by atoms with Crippen molar-refractivity contribution in [3.63, 3.8) is 0 Å². The Morgan fingerprint density at radius 2 is 1.09 bits per heavy atom. The minimum Gasteiger partial charge on any atom is -0.507 e. The molecule has 0 aliphatic rings. The molecule has 5 heterocycles. The first-order chi connectivity index (χ1) is 26.1. The normalized spacial score (nSPS) is 11.4. The lowest BCUT2D eigenvalue weighted by Gasteiger charge is -2.26. The maximum atomic E-state index is 10.7. The molecule has 7 rings (SSSR count). The third-order valence-corrected chi connectivity index (χ3v) is 8.52. The van der Waals surface area contributed by atoms with Crippen molar-refractivity contribution in [2.24, 2.45) is 4.99 Å². The molecule has 0 aliphatic carbocycles. The van der Waals surface area contributed by atoms with Gasteiger partial charge in [0, 0.05) is 30.2 Å². The molecule has 0 unspecified atom stereocenters. The van der Waals surface area contributed by atoms with Gasteiger partial charge in [0.25, 0.3) is 0 Å². The predicted molar refractivity (Wildman–Crippen MR) is 205 cm³/mol. The van der Waals surface area contributed by atoms with E-state index in [1.165, 1.54) is 0 Å². The molecule has 0 radical (unpaired) electrons. The first-order valence-corrected chi connectivity index (χ1v) is 17.3. The average Bonchev–Trinajstić information content (AvgIpc) is 3.21. The number of aromatic hydroxyl groups is 1. The first kappa shape index (κ1) is 34.6. The van der Waals surface area contributed by atoms with Gasteiger partial charge in [-0.15, -0.1) is 0 Å². The molecule has 12 nitrogen and oxygen atoms in total. The molecular weight excluding hydrogens is 665 g/mol. The highest BCUT2D eigenvalue weighted by Gasteiger charge is 2.22. The van der Waals surface area contributed by atoms with Gasteiger partial charge in [-0.3, -0.25) is 19.9 Å². The summed E-state index contributed by atoms with van der Waals surface area (Å²) >= 11 is 0. The van der Waals surface area contributed by atoms with E-state index < -0.39 is 0 Å². The Morgan fingerprint density at radius 1 is 0.604 bits per heavy atom. The summed E-state index contributed by atoms with van der Waals surface area (Å²) in [4.78, 5) is 43.1. The smallest absolute Gasteiger partial charge is 0.231 e. The molecule has 0 aliphatic heterocycles. The summed E-state index contributed by atoms with van der Waals surface area (Å²) in [6.07, 6.45) is 7.60. The number of phenolic OH excluding ortho intramolecular Hbond substituents is 1. The van der Waals surface area contributed by atoms with Crippen LogP contribution in [-0.4, -0.2) is 52.8 Å². The predicted octanol–water partition coefficient (Wildman–Crippen LogP) is 7.26. The van der Waals surface area contributed by atoms with Gasteiger partial charge in [0.15, 0.2) is 5.82 Å². The van der Waals surface area contributed by atoms with Crippen LogP contribution >= 0.6 is 0 Å². The fourth-order valence-electron chi connectivity index (χ4n) is 5.94. The van der Waals surface area contributed by atoms with Gasteiger partial charge in [0.1, 0.15) is 11.5 Å². The highest BCUT2D eigenvalue weighted by atomic mass is 16.5. The number of pyridine rings is 4. The van der Waals surface area contributed by atoms with Gasteiger partial charge in [-0.25, -0.2) is 4.99 Å². The molecule has 1 N–H and O–H groups in total. The quantitative estimate of drug-likeness (QED) is 0.115. The van der Waals surface area contributed by atoms with Crippen LogP contribution in [0.25, 0.3) is 10.8 Å². The molecule has 0 atom stereocenters. The van der Waals surface area contributed by atoms with E-state index in [1.54, 1.807) is 44.0 Å². The monoisotopic (exact) mass is 702 g/mol. The van der Waals surface area contributed by atoms with Crippen LogP contribution in [0.5, 0.6) is 11.5 Å². The third kappa shape index (κ3) is 8.39. The maximum absolute atomic E-state index is 10.7. The average molecular weight is 703 g/mol. The van der Waals surface area contributed by atoms with E-state index >= 15 is 0 Å². The van der Waals surface area contributed by atoms with E-state index in [9.17, 15) is 5.11 Å². The second-order valence-electron chi connectivity index (χ2n) is 12.2. The van der Waals surface area contributed by atoms with Gasteiger partial charge >= 0.3 is 0 Å². The van der Waals surface area contributed by atoms with Crippen molar-refractivity contribution in [3.05, 3.63) is 157 Å². The van der Waals surface area contributed by atoms with Gasteiger partial charge in [-0.1, -0.05) is 43.3 Å². The van der Waals surface area contributed by atoms with Gasteiger partial charge in [-0.05, 0) is 73.2 Å². The molecule has 0 bridgehead atoms.